The molecule has 0 spiro atoms. The minimum atomic E-state index is 0.934. The van der Waals surface area contributed by atoms with Crippen molar-refractivity contribution in [2.45, 2.75) is 0 Å². The maximum absolute atomic E-state index is 6.36. The Balaban J connectivity index is 1.12. The number of hydrogen-bond acceptors (Lipinski definition) is 1. The van der Waals surface area contributed by atoms with Gasteiger partial charge in [0.2, 0.25) is 0 Å². The smallest absolute Gasteiger partial charge is 0.136 e. The highest BCUT2D eigenvalue weighted by Crippen LogP contribution is 2.48. The van der Waals surface area contributed by atoms with Gasteiger partial charge in [-0.2, -0.15) is 0 Å². The normalized spacial score (nSPS) is 12.0. The fraction of sp³-hybridized carbons (Fsp3) is 0. The van der Waals surface area contributed by atoms with E-state index in [1.54, 1.807) is 0 Å². The van der Waals surface area contributed by atoms with Gasteiger partial charge in [-0.25, -0.2) is 0 Å². The summed E-state index contributed by atoms with van der Waals surface area (Å²) >= 11 is 0. The van der Waals surface area contributed by atoms with Crippen LogP contribution in [-0.2, 0) is 0 Å². The molecule has 0 fully saturated rings. The van der Waals surface area contributed by atoms with E-state index in [1.807, 2.05) is 0 Å². The van der Waals surface area contributed by atoms with Gasteiger partial charge in [0.1, 0.15) is 11.2 Å². The van der Waals surface area contributed by atoms with Crippen molar-refractivity contribution in [3.63, 3.8) is 0 Å². The molecule has 1 aromatic heterocycles. The lowest BCUT2D eigenvalue weighted by atomic mass is 9.83. The molecule has 55 heavy (non-hydrogen) atoms. The Labute approximate surface area is 317 Å². The summed E-state index contributed by atoms with van der Waals surface area (Å²) in [6.45, 7) is 0. The number of fused-ring (bicyclic) bond motifs is 4. The van der Waals surface area contributed by atoms with Crippen LogP contribution >= 0.6 is 0 Å². The van der Waals surface area contributed by atoms with Crippen LogP contribution in [0.5, 0.6) is 0 Å². The first-order valence-corrected chi connectivity index (χ1v) is 19.0. The van der Waals surface area contributed by atoms with Crippen LogP contribution in [0.2, 0.25) is 0 Å². The van der Waals surface area contributed by atoms with Crippen LogP contribution in [0.1, 0.15) is 0 Å². The Bertz CT molecular complexity index is 3430. The first-order valence-electron chi connectivity index (χ1n) is 19.0. The molecule has 0 aliphatic carbocycles. The van der Waals surface area contributed by atoms with E-state index >= 15 is 0 Å². The van der Waals surface area contributed by atoms with Crippen molar-refractivity contribution in [3.05, 3.63) is 194 Å². The topological polar surface area (TPSA) is 13.1 Å². The van der Waals surface area contributed by atoms with Crippen LogP contribution in [0.4, 0.5) is 0 Å². The van der Waals surface area contributed by atoms with E-state index in [0.717, 1.165) is 11.2 Å². The Morgan fingerprint density at radius 2 is 0.836 bits per heavy atom. The summed E-state index contributed by atoms with van der Waals surface area (Å²) in [6.07, 6.45) is 0. The highest BCUT2D eigenvalue weighted by Gasteiger charge is 2.21. The van der Waals surface area contributed by atoms with Crippen LogP contribution < -0.4 is 0 Å². The van der Waals surface area contributed by atoms with Crippen LogP contribution in [-0.4, -0.2) is 0 Å². The van der Waals surface area contributed by atoms with E-state index in [0.29, 0.717) is 0 Å². The zero-order valence-electron chi connectivity index (χ0n) is 29.9. The number of hydrogen-bond donors (Lipinski definition) is 0. The highest BCUT2D eigenvalue weighted by atomic mass is 16.3. The quantitative estimate of drug-likeness (QED) is 0.132. The zero-order valence-corrected chi connectivity index (χ0v) is 29.9. The van der Waals surface area contributed by atoms with E-state index in [1.165, 1.54) is 109 Å². The van der Waals surface area contributed by atoms with Crippen molar-refractivity contribution in [1.29, 1.82) is 0 Å². The van der Waals surface area contributed by atoms with Crippen LogP contribution in [0, 0.1) is 0 Å². The molecule has 0 saturated carbocycles. The molecule has 0 radical (unpaired) electrons. The molecule has 0 atom stereocenters. The van der Waals surface area contributed by atoms with Gasteiger partial charge >= 0.3 is 0 Å². The molecular weight excluding hydrogens is 665 g/mol. The van der Waals surface area contributed by atoms with E-state index in [-0.39, 0.29) is 0 Å². The van der Waals surface area contributed by atoms with Gasteiger partial charge in [0.25, 0.3) is 0 Å². The largest absolute Gasteiger partial charge is 0.456 e. The summed E-state index contributed by atoms with van der Waals surface area (Å²) < 4.78 is 6.36. The molecule has 1 nitrogen and oxygen atoms in total. The summed E-state index contributed by atoms with van der Waals surface area (Å²) in [7, 11) is 0. The second kappa shape index (κ2) is 11.6. The zero-order chi connectivity index (χ0) is 36.0. The lowest BCUT2D eigenvalue weighted by molar-refractivity contribution is 0.669. The van der Waals surface area contributed by atoms with Crippen LogP contribution in [0.25, 0.3) is 120 Å². The molecule has 11 aromatic carbocycles. The molecule has 0 bridgehead atoms. The third-order valence-electron chi connectivity index (χ3n) is 11.8. The Kier molecular flexibility index (Phi) is 6.40. The van der Waals surface area contributed by atoms with Gasteiger partial charge in [-0.3, -0.25) is 0 Å². The number of rotatable bonds is 4. The number of benzene rings is 11. The van der Waals surface area contributed by atoms with Crippen molar-refractivity contribution in [2.24, 2.45) is 0 Å². The molecule has 0 aliphatic rings. The predicted molar refractivity (Wildman–Crippen MR) is 234 cm³/mol. The summed E-state index contributed by atoms with van der Waals surface area (Å²) in [5, 5.41) is 14.8. The Hall–Kier alpha value is -7.22. The van der Waals surface area contributed by atoms with E-state index < -0.39 is 0 Å². The summed E-state index contributed by atoms with van der Waals surface area (Å²) in [6, 6.07) is 71.3. The maximum Gasteiger partial charge on any atom is 0.136 e. The van der Waals surface area contributed by atoms with Crippen LogP contribution in [0.15, 0.2) is 199 Å². The Morgan fingerprint density at radius 3 is 1.64 bits per heavy atom. The van der Waals surface area contributed by atoms with Crippen molar-refractivity contribution in [2.75, 3.05) is 0 Å². The second-order valence-electron chi connectivity index (χ2n) is 14.8. The van der Waals surface area contributed by atoms with Gasteiger partial charge < -0.3 is 4.42 Å². The van der Waals surface area contributed by atoms with Crippen molar-refractivity contribution in [3.8, 4) is 44.5 Å². The molecule has 0 N–H and O–H groups in total. The standard InChI is InChI=1S/C54H32O/c1-2-12-35-29-37(24-23-33(35)11-1)36-15-9-16-39(30-36)51-43-18-5-7-20-45(43)53(46-21-8-6-19-44(46)51)48-32-40(31-38-13-3-4-17-41(38)48)42-27-28-50-54-47(42)26-25-34-14-10-22-49(55-50)52(34)54/h1-32H. The third kappa shape index (κ3) is 4.54. The lowest BCUT2D eigenvalue weighted by Gasteiger charge is -2.20. The van der Waals surface area contributed by atoms with Crippen LogP contribution in [0.3, 0.4) is 0 Å². The van der Waals surface area contributed by atoms with E-state index in [9.17, 15) is 0 Å². The molecule has 1 heterocycles. The highest BCUT2D eigenvalue weighted by molar-refractivity contribution is 6.26. The lowest BCUT2D eigenvalue weighted by Crippen LogP contribution is -1.93. The van der Waals surface area contributed by atoms with Gasteiger partial charge in [0, 0.05) is 10.8 Å². The summed E-state index contributed by atoms with van der Waals surface area (Å²) in [5.41, 5.74) is 11.7. The molecule has 12 aromatic rings. The van der Waals surface area contributed by atoms with Gasteiger partial charge in [-0.05, 0) is 135 Å². The Morgan fingerprint density at radius 1 is 0.255 bits per heavy atom. The first kappa shape index (κ1) is 30.3. The van der Waals surface area contributed by atoms with Crippen molar-refractivity contribution < 1.29 is 4.42 Å². The van der Waals surface area contributed by atoms with Gasteiger partial charge in [0.05, 0.1) is 0 Å². The monoisotopic (exact) mass is 696 g/mol. The molecule has 0 unspecified atom stereocenters. The maximum atomic E-state index is 6.36. The average molecular weight is 697 g/mol. The fourth-order valence-corrected chi connectivity index (χ4v) is 9.32. The average Bonchev–Trinajstić information content (AvgIpc) is 3.64. The summed E-state index contributed by atoms with van der Waals surface area (Å²) in [4.78, 5) is 0. The molecule has 0 saturated heterocycles. The predicted octanol–water partition coefficient (Wildman–Crippen LogP) is 15.5. The molecule has 254 valence electrons. The third-order valence-corrected chi connectivity index (χ3v) is 11.8. The van der Waals surface area contributed by atoms with Gasteiger partial charge in [0.15, 0.2) is 0 Å². The minimum Gasteiger partial charge on any atom is -0.456 e. The second-order valence-corrected chi connectivity index (χ2v) is 14.8. The number of furan rings is 1. The van der Waals surface area contributed by atoms with Gasteiger partial charge in [-0.15, -0.1) is 0 Å². The molecular formula is C54H32O. The van der Waals surface area contributed by atoms with Crippen molar-refractivity contribution in [1.82, 2.24) is 0 Å². The summed E-state index contributed by atoms with van der Waals surface area (Å²) in [5.74, 6) is 0. The van der Waals surface area contributed by atoms with Gasteiger partial charge in [-0.1, -0.05) is 158 Å². The molecule has 1 heteroatoms. The first-order chi connectivity index (χ1) is 27.3. The molecule has 0 amide bonds. The van der Waals surface area contributed by atoms with E-state index in [4.69, 9.17) is 4.42 Å². The SMILES string of the molecule is c1cc(-c2ccc3ccccc3c2)cc(-c2c3ccccc3c(-c3cc(-c4ccc5oc6cccc7ccc4c5c76)cc4ccccc34)c3ccccc23)c1. The minimum absolute atomic E-state index is 0.934. The fourth-order valence-electron chi connectivity index (χ4n) is 9.32. The van der Waals surface area contributed by atoms with E-state index in [2.05, 4.69) is 194 Å². The molecule has 0 aliphatic heterocycles. The van der Waals surface area contributed by atoms with Crippen molar-refractivity contribution >= 4 is 75.8 Å². The molecule has 12 rings (SSSR count).